The molecule has 2 heterocycles. The molecular weight excluding hydrogens is 314 g/mol. The molecule has 0 saturated heterocycles. The van der Waals surface area contributed by atoms with Gasteiger partial charge in [-0.15, -0.1) is 11.3 Å². The average molecular weight is 340 g/mol. The van der Waals surface area contributed by atoms with Crippen LogP contribution < -0.4 is 5.32 Å². The second kappa shape index (κ2) is 8.27. The summed E-state index contributed by atoms with van der Waals surface area (Å²) >= 11 is 1.80. The van der Waals surface area contributed by atoms with E-state index in [0.29, 0.717) is 0 Å². The first-order chi connectivity index (χ1) is 11.8. The number of rotatable bonds is 8. The smallest absolute Gasteiger partial charge is 0.0673 e. The fourth-order valence-electron chi connectivity index (χ4n) is 2.88. The van der Waals surface area contributed by atoms with Crippen LogP contribution in [0.5, 0.6) is 0 Å². The van der Waals surface area contributed by atoms with Gasteiger partial charge in [0, 0.05) is 30.2 Å². The minimum absolute atomic E-state index is 0.227. The highest BCUT2D eigenvalue weighted by atomic mass is 32.1. The summed E-state index contributed by atoms with van der Waals surface area (Å²) in [5, 5.41) is 10.1. The molecule has 0 radical (unpaired) electrons. The molecule has 3 nitrogen and oxygen atoms in total. The number of hydrogen-bond donors (Lipinski definition) is 1. The van der Waals surface area contributed by atoms with Crippen LogP contribution >= 0.6 is 11.3 Å². The van der Waals surface area contributed by atoms with Gasteiger partial charge in [-0.25, -0.2) is 0 Å². The van der Waals surface area contributed by atoms with Crippen molar-refractivity contribution >= 4 is 11.3 Å². The number of unbranched alkanes of at least 4 members (excludes halogenated alkanes) is 1. The number of aromatic nitrogens is 2. The Kier molecular flexibility index (Phi) is 5.83. The van der Waals surface area contributed by atoms with E-state index >= 15 is 0 Å². The maximum absolute atomic E-state index is 4.25. The molecule has 0 bridgehead atoms. The maximum atomic E-state index is 4.25. The molecule has 0 aliphatic heterocycles. The normalized spacial score (nSPS) is 12.4. The third-order valence-corrected chi connectivity index (χ3v) is 5.17. The zero-order valence-electron chi connectivity index (χ0n) is 14.4. The fourth-order valence-corrected chi connectivity index (χ4v) is 3.71. The molecule has 0 unspecified atom stereocenters. The molecule has 0 spiro atoms. The summed E-state index contributed by atoms with van der Waals surface area (Å²) in [7, 11) is 1.95. The van der Waals surface area contributed by atoms with Gasteiger partial charge in [0.2, 0.25) is 0 Å². The minimum atomic E-state index is 0.227. The summed E-state index contributed by atoms with van der Waals surface area (Å²) in [6, 6.07) is 13.6. The van der Waals surface area contributed by atoms with Crippen LogP contribution in [0.15, 0.2) is 54.2 Å². The Hall–Kier alpha value is -1.91. The van der Waals surface area contributed by atoms with E-state index in [4.69, 9.17) is 0 Å². The first-order valence-corrected chi connectivity index (χ1v) is 9.47. The van der Waals surface area contributed by atoms with E-state index < -0.39 is 0 Å². The lowest BCUT2D eigenvalue weighted by Crippen LogP contribution is -2.21. The SMILES string of the molecule is CCCCc1ccc([C@H](NCc2cnn(C)c2)c2cccs2)cc1. The van der Waals surface area contributed by atoms with E-state index in [2.05, 4.69) is 65.3 Å². The number of benzene rings is 1. The Bertz CT molecular complexity index is 729. The minimum Gasteiger partial charge on any atom is -0.301 e. The molecule has 0 fully saturated rings. The zero-order chi connectivity index (χ0) is 16.8. The Morgan fingerprint density at radius 2 is 2.00 bits per heavy atom. The molecular formula is C20H25N3S. The summed E-state index contributed by atoms with van der Waals surface area (Å²) in [6.07, 6.45) is 7.65. The molecule has 3 aromatic rings. The van der Waals surface area contributed by atoms with Crippen LogP contribution in [0.25, 0.3) is 0 Å². The van der Waals surface area contributed by atoms with Crippen molar-refractivity contribution in [3.63, 3.8) is 0 Å². The third kappa shape index (κ3) is 4.34. The topological polar surface area (TPSA) is 29.9 Å². The van der Waals surface area contributed by atoms with E-state index in [-0.39, 0.29) is 6.04 Å². The van der Waals surface area contributed by atoms with Crippen molar-refractivity contribution in [1.82, 2.24) is 15.1 Å². The highest BCUT2D eigenvalue weighted by Gasteiger charge is 2.15. The Morgan fingerprint density at radius 1 is 1.17 bits per heavy atom. The van der Waals surface area contributed by atoms with E-state index in [1.807, 2.05) is 17.9 Å². The fraction of sp³-hybridized carbons (Fsp3) is 0.350. The second-order valence-corrected chi connectivity index (χ2v) is 7.18. The monoisotopic (exact) mass is 339 g/mol. The predicted molar refractivity (Wildman–Crippen MR) is 101 cm³/mol. The highest BCUT2D eigenvalue weighted by molar-refractivity contribution is 7.10. The van der Waals surface area contributed by atoms with Crippen LogP contribution in [0, 0.1) is 0 Å². The quantitative estimate of drug-likeness (QED) is 0.644. The van der Waals surface area contributed by atoms with Crippen molar-refractivity contribution in [2.75, 3.05) is 0 Å². The number of nitrogens with zero attached hydrogens (tertiary/aromatic N) is 2. The molecule has 1 atom stereocenters. The number of hydrogen-bond acceptors (Lipinski definition) is 3. The number of nitrogens with one attached hydrogen (secondary N) is 1. The third-order valence-electron chi connectivity index (χ3n) is 4.23. The summed E-state index contributed by atoms with van der Waals surface area (Å²) in [6.45, 7) is 3.05. The van der Waals surface area contributed by atoms with Gasteiger partial charge >= 0.3 is 0 Å². The predicted octanol–water partition coefficient (Wildman–Crippen LogP) is 4.70. The summed E-state index contributed by atoms with van der Waals surface area (Å²) < 4.78 is 1.85. The Balaban J connectivity index is 1.74. The molecule has 4 heteroatoms. The number of aryl methyl sites for hydroxylation is 2. The lowest BCUT2D eigenvalue weighted by Gasteiger charge is -2.18. The van der Waals surface area contributed by atoms with Crippen molar-refractivity contribution in [2.24, 2.45) is 7.05 Å². The van der Waals surface area contributed by atoms with E-state index in [1.54, 1.807) is 11.3 Å². The van der Waals surface area contributed by atoms with Crippen LogP contribution in [-0.2, 0) is 20.0 Å². The number of thiophene rings is 1. The van der Waals surface area contributed by atoms with Gasteiger partial charge in [0.1, 0.15) is 0 Å². The summed E-state index contributed by atoms with van der Waals surface area (Å²) in [5.74, 6) is 0. The van der Waals surface area contributed by atoms with Crippen LogP contribution in [0.2, 0.25) is 0 Å². The van der Waals surface area contributed by atoms with Crippen LogP contribution in [-0.4, -0.2) is 9.78 Å². The molecule has 2 aromatic heterocycles. The van der Waals surface area contributed by atoms with Crippen molar-refractivity contribution in [3.8, 4) is 0 Å². The molecule has 0 saturated carbocycles. The largest absolute Gasteiger partial charge is 0.301 e. The van der Waals surface area contributed by atoms with Gasteiger partial charge < -0.3 is 5.32 Å². The molecule has 0 amide bonds. The molecule has 24 heavy (non-hydrogen) atoms. The zero-order valence-corrected chi connectivity index (χ0v) is 15.2. The van der Waals surface area contributed by atoms with Gasteiger partial charge in [-0.2, -0.15) is 5.10 Å². The summed E-state index contributed by atoms with van der Waals surface area (Å²) in [4.78, 5) is 1.35. The van der Waals surface area contributed by atoms with Gasteiger partial charge in [-0.3, -0.25) is 4.68 Å². The Morgan fingerprint density at radius 3 is 2.62 bits per heavy atom. The van der Waals surface area contributed by atoms with Gasteiger partial charge in [0.15, 0.2) is 0 Å². The first-order valence-electron chi connectivity index (χ1n) is 8.59. The van der Waals surface area contributed by atoms with Crippen molar-refractivity contribution < 1.29 is 0 Å². The summed E-state index contributed by atoms with van der Waals surface area (Å²) in [5.41, 5.74) is 3.96. The van der Waals surface area contributed by atoms with Crippen LogP contribution in [0.4, 0.5) is 0 Å². The van der Waals surface area contributed by atoms with Crippen LogP contribution in [0.1, 0.15) is 47.4 Å². The lowest BCUT2D eigenvalue weighted by atomic mass is 10.0. The van der Waals surface area contributed by atoms with Crippen molar-refractivity contribution in [2.45, 2.75) is 38.8 Å². The van der Waals surface area contributed by atoms with E-state index in [0.717, 1.165) is 6.54 Å². The molecule has 3 rings (SSSR count). The standard InChI is InChI=1S/C20H25N3S/c1-3-4-6-16-8-10-18(11-9-16)20(19-7-5-12-24-19)21-13-17-14-22-23(2)15-17/h5,7-12,14-15,20-21H,3-4,6,13H2,1-2H3/t20-/m0/s1. The van der Waals surface area contributed by atoms with Gasteiger partial charge in [-0.1, -0.05) is 43.7 Å². The molecule has 0 aliphatic carbocycles. The maximum Gasteiger partial charge on any atom is 0.0673 e. The highest BCUT2D eigenvalue weighted by Crippen LogP contribution is 2.27. The lowest BCUT2D eigenvalue weighted by molar-refractivity contribution is 0.612. The van der Waals surface area contributed by atoms with Gasteiger partial charge in [0.05, 0.1) is 12.2 Å². The molecule has 126 valence electrons. The van der Waals surface area contributed by atoms with Crippen LogP contribution in [0.3, 0.4) is 0 Å². The first kappa shape index (κ1) is 16.9. The molecule has 1 aromatic carbocycles. The molecule has 1 N–H and O–H groups in total. The van der Waals surface area contributed by atoms with Crippen molar-refractivity contribution in [1.29, 1.82) is 0 Å². The second-order valence-electron chi connectivity index (χ2n) is 6.20. The van der Waals surface area contributed by atoms with Gasteiger partial charge in [0.25, 0.3) is 0 Å². The van der Waals surface area contributed by atoms with E-state index in [9.17, 15) is 0 Å². The molecule has 0 aliphatic rings. The van der Waals surface area contributed by atoms with E-state index in [1.165, 1.54) is 40.8 Å². The average Bonchev–Trinajstić information content (AvgIpc) is 3.26. The Labute approximate surface area is 148 Å². The van der Waals surface area contributed by atoms with Crippen molar-refractivity contribution in [3.05, 3.63) is 75.7 Å². The van der Waals surface area contributed by atoms with Gasteiger partial charge in [-0.05, 0) is 35.4 Å².